The van der Waals surface area contributed by atoms with E-state index >= 15 is 0 Å². The lowest BCUT2D eigenvalue weighted by Gasteiger charge is -2.30. The monoisotopic (exact) mass is 761 g/mol. The van der Waals surface area contributed by atoms with Gasteiger partial charge in [0.2, 0.25) is 21.8 Å². The van der Waals surface area contributed by atoms with E-state index in [1.165, 1.54) is 4.90 Å². The maximum Gasteiger partial charge on any atom is 0.410 e. The van der Waals surface area contributed by atoms with Crippen molar-refractivity contribution in [2.75, 3.05) is 13.1 Å². The summed E-state index contributed by atoms with van der Waals surface area (Å²) in [4.78, 5) is 71.4. The number of halogens is 1. The van der Waals surface area contributed by atoms with Gasteiger partial charge >= 0.3 is 12.2 Å². The number of amides is 5. The quantitative estimate of drug-likeness (QED) is 0.377. The van der Waals surface area contributed by atoms with Crippen LogP contribution < -0.4 is 15.4 Å². The number of carbonyl (C=O) groups excluding carboxylic acids is 5. The molecule has 0 bridgehead atoms. The fourth-order valence-electron chi connectivity index (χ4n) is 7.20. The van der Waals surface area contributed by atoms with Gasteiger partial charge in [0, 0.05) is 30.5 Å². The Bertz CT molecular complexity index is 1740. The molecule has 5 aliphatic rings. The Morgan fingerprint density at radius 3 is 2.56 bits per heavy atom. The van der Waals surface area contributed by atoms with E-state index in [1.807, 2.05) is 24.3 Å². The molecule has 0 aromatic heterocycles. The standard InChI is InChI=1S/C36H48ClN5O9S/c1-35(2,3)51-33(46)38-28-10-8-6-4-5-7-9-24-19-36(24,32(45)40-52(48,49)27-13-14-27)39-30(43)29-18-26(21-42(29)31(28)44)50-34(47)41-16-15-22-11-12-25(37)17-23(22)20-41/h7,9,11-12,17,24,26-29H,4-6,8,10,13-16,18-21H2,1-3H3,(H,38,46)(H,39,43)(H,40,45)/b9-7+/t24-,26-,28+,29+,36-/m1/s1. The van der Waals surface area contributed by atoms with Gasteiger partial charge in [0.25, 0.3) is 5.91 Å². The van der Waals surface area contributed by atoms with Gasteiger partial charge in [-0.1, -0.05) is 42.7 Å². The zero-order valence-corrected chi connectivity index (χ0v) is 31.4. The number of alkyl carbamates (subject to hydrolysis) is 1. The van der Waals surface area contributed by atoms with Gasteiger partial charge in [-0.3, -0.25) is 19.1 Å². The van der Waals surface area contributed by atoms with E-state index in [9.17, 15) is 32.4 Å². The van der Waals surface area contributed by atoms with Gasteiger partial charge in [-0.25, -0.2) is 18.0 Å². The average Bonchev–Trinajstić information content (AvgIpc) is 3.99. The van der Waals surface area contributed by atoms with Crippen LogP contribution in [0.25, 0.3) is 0 Å². The van der Waals surface area contributed by atoms with E-state index < -0.39 is 80.4 Å². The number of hydrogen-bond donors (Lipinski definition) is 3. The minimum absolute atomic E-state index is 0.0721. The van der Waals surface area contributed by atoms with E-state index in [0.29, 0.717) is 43.7 Å². The van der Waals surface area contributed by atoms with Crippen LogP contribution in [0.3, 0.4) is 0 Å². The molecule has 5 amide bonds. The van der Waals surface area contributed by atoms with E-state index in [2.05, 4.69) is 15.4 Å². The third kappa shape index (κ3) is 8.84. The largest absolute Gasteiger partial charge is 0.444 e. The minimum Gasteiger partial charge on any atom is -0.444 e. The first-order valence-electron chi connectivity index (χ1n) is 18.1. The first kappa shape index (κ1) is 37.9. The topological polar surface area (TPSA) is 181 Å². The number of ether oxygens (including phenoxy) is 2. The zero-order chi connectivity index (χ0) is 37.4. The number of allylic oxidation sites excluding steroid dienone is 1. The molecule has 284 valence electrons. The molecule has 16 heteroatoms. The molecule has 0 unspecified atom stereocenters. The van der Waals surface area contributed by atoms with Gasteiger partial charge in [-0.05, 0) is 89.0 Å². The molecule has 6 rings (SSSR count). The molecule has 5 atom stereocenters. The lowest BCUT2D eigenvalue weighted by atomic mass is 10.0. The Hall–Kier alpha value is -3.85. The number of nitrogens with zero attached hydrogens (tertiary/aromatic N) is 2. The fraction of sp³-hybridized carbons (Fsp3) is 0.639. The van der Waals surface area contributed by atoms with Crippen molar-refractivity contribution < 1.29 is 41.9 Å². The number of carbonyl (C=O) groups is 5. The molecule has 2 saturated carbocycles. The molecule has 1 aromatic rings. The van der Waals surface area contributed by atoms with Crippen LogP contribution in [-0.2, 0) is 46.8 Å². The van der Waals surface area contributed by atoms with Gasteiger partial charge in [0.05, 0.1) is 11.8 Å². The first-order valence-corrected chi connectivity index (χ1v) is 20.0. The van der Waals surface area contributed by atoms with E-state index in [4.69, 9.17) is 21.1 Å². The number of nitrogens with one attached hydrogen (secondary N) is 3. The molecule has 1 saturated heterocycles. The number of benzene rings is 1. The van der Waals surface area contributed by atoms with Crippen molar-refractivity contribution in [1.29, 1.82) is 0 Å². The Labute approximate surface area is 309 Å². The van der Waals surface area contributed by atoms with Crippen LogP contribution >= 0.6 is 11.6 Å². The minimum atomic E-state index is -3.90. The summed E-state index contributed by atoms with van der Waals surface area (Å²) in [5, 5.41) is 5.42. The van der Waals surface area contributed by atoms with Crippen LogP contribution in [-0.4, -0.2) is 95.8 Å². The second-order valence-corrected chi connectivity index (χ2v) is 17.9. The summed E-state index contributed by atoms with van der Waals surface area (Å²) in [5.41, 5.74) is -0.365. The van der Waals surface area contributed by atoms with Crippen molar-refractivity contribution in [1.82, 2.24) is 25.2 Å². The highest BCUT2D eigenvalue weighted by Crippen LogP contribution is 2.46. The van der Waals surface area contributed by atoms with Gasteiger partial charge < -0.3 is 29.9 Å². The first-order chi connectivity index (χ1) is 24.5. The molecule has 3 aliphatic heterocycles. The van der Waals surface area contributed by atoms with Crippen LogP contribution in [0.2, 0.25) is 5.02 Å². The predicted octanol–water partition coefficient (Wildman–Crippen LogP) is 3.70. The molecule has 0 spiro atoms. The predicted molar refractivity (Wildman–Crippen MR) is 190 cm³/mol. The summed E-state index contributed by atoms with van der Waals surface area (Å²) in [5.74, 6) is -2.51. The third-order valence-electron chi connectivity index (χ3n) is 10.2. The molecule has 14 nitrogen and oxygen atoms in total. The smallest absolute Gasteiger partial charge is 0.410 e. The number of rotatable bonds is 5. The summed E-state index contributed by atoms with van der Waals surface area (Å²) in [7, 11) is -3.90. The molecule has 1 aromatic carbocycles. The second-order valence-electron chi connectivity index (χ2n) is 15.5. The van der Waals surface area contributed by atoms with Gasteiger partial charge in [0.1, 0.15) is 29.3 Å². The third-order valence-corrected chi connectivity index (χ3v) is 12.3. The Balaban J connectivity index is 1.25. The van der Waals surface area contributed by atoms with Crippen molar-refractivity contribution in [3.05, 3.63) is 46.5 Å². The summed E-state index contributed by atoms with van der Waals surface area (Å²) in [6.07, 6.45) is 6.19. The summed E-state index contributed by atoms with van der Waals surface area (Å²) < 4.78 is 39.1. The zero-order valence-electron chi connectivity index (χ0n) is 29.8. The van der Waals surface area contributed by atoms with Crippen LogP contribution in [0.4, 0.5) is 9.59 Å². The summed E-state index contributed by atoms with van der Waals surface area (Å²) in [6.45, 7) is 5.68. The molecular formula is C36H48ClN5O9S. The second kappa shape index (κ2) is 14.9. The molecule has 2 aliphatic carbocycles. The fourth-order valence-corrected chi connectivity index (χ4v) is 8.75. The van der Waals surface area contributed by atoms with E-state index in [1.54, 1.807) is 31.7 Å². The lowest BCUT2D eigenvalue weighted by molar-refractivity contribution is -0.141. The summed E-state index contributed by atoms with van der Waals surface area (Å²) in [6, 6.07) is 3.32. The molecule has 0 radical (unpaired) electrons. The Morgan fingerprint density at radius 1 is 1.06 bits per heavy atom. The number of hydrogen-bond acceptors (Lipinski definition) is 9. The molecule has 3 fully saturated rings. The van der Waals surface area contributed by atoms with E-state index in [0.717, 1.165) is 24.0 Å². The van der Waals surface area contributed by atoms with Crippen LogP contribution in [0.1, 0.15) is 89.7 Å². The number of fused-ring (bicyclic) bond motifs is 3. The van der Waals surface area contributed by atoms with Crippen LogP contribution in [0, 0.1) is 5.92 Å². The number of sulfonamides is 1. The van der Waals surface area contributed by atoms with Crippen molar-refractivity contribution in [3.8, 4) is 0 Å². The van der Waals surface area contributed by atoms with Gasteiger partial charge in [-0.15, -0.1) is 0 Å². The maximum atomic E-state index is 14.3. The van der Waals surface area contributed by atoms with Crippen molar-refractivity contribution >= 4 is 51.5 Å². The molecule has 52 heavy (non-hydrogen) atoms. The van der Waals surface area contributed by atoms with Crippen LogP contribution in [0.15, 0.2) is 30.4 Å². The Kier molecular flexibility index (Phi) is 10.8. The molecular weight excluding hydrogens is 714 g/mol. The average molecular weight is 762 g/mol. The van der Waals surface area contributed by atoms with E-state index in [-0.39, 0.29) is 32.4 Å². The SMILES string of the molecule is CC(C)(C)OC(=O)N[C@H]1CCCCC/C=C/[C@@H]2C[C@@]2(C(=O)NS(=O)(=O)C2CC2)NC(=O)[C@@H]2C[C@@H](OC(=O)N3CCc4ccc(Cl)cc4C3)CN2C1=O. The van der Waals surface area contributed by atoms with Crippen LogP contribution in [0.5, 0.6) is 0 Å². The lowest BCUT2D eigenvalue weighted by Crippen LogP contribution is -2.58. The highest BCUT2D eigenvalue weighted by Gasteiger charge is 2.62. The van der Waals surface area contributed by atoms with Crippen molar-refractivity contribution in [2.24, 2.45) is 5.92 Å². The molecule has 3 heterocycles. The maximum absolute atomic E-state index is 14.3. The van der Waals surface area contributed by atoms with Crippen molar-refractivity contribution in [2.45, 2.75) is 126 Å². The van der Waals surface area contributed by atoms with Crippen molar-refractivity contribution in [3.63, 3.8) is 0 Å². The highest BCUT2D eigenvalue weighted by atomic mass is 35.5. The normalized spacial score (nSPS) is 28.8. The Morgan fingerprint density at radius 2 is 1.83 bits per heavy atom. The van der Waals surface area contributed by atoms with Gasteiger partial charge in [-0.2, -0.15) is 0 Å². The summed E-state index contributed by atoms with van der Waals surface area (Å²) >= 11 is 6.20. The molecule has 3 N–H and O–H groups in total. The van der Waals surface area contributed by atoms with Gasteiger partial charge in [0.15, 0.2) is 0 Å². The highest BCUT2D eigenvalue weighted by molar-refractivity contribution is 7.91.